The van der Waals surface area contributed by atoms with Crippen molar-refractivity contribution < 1.29 is 9.53 Å². The molecule has 0 heterocycles. The SMILES string of the molecule is Cc1cc(OCC(C)C)ccc1PC(=O)c1c(C)cccc1Cl.[LiH]. The van der Waals surface area contributed by atoms with E-state index < -0.39 is 0 Å². The van der Waals surface area contributed by atoms with Crippen molar-refractivity contribution in [1.82, 2.24) is 0 Å². The Morgan fingerprint density at radius 2 is 1.88 bits per heavy atom. The number of carbonyl (C=O) groups is 1. The third kappa shape index (κ3) is 5.64. The predicted octanol–water partition coefficient (Wildman–Crippen LogP) is 4.49. The van der Waals surface area contributed by atoms with Crippen LogP contribution in [0.1, 0.15) is 35.3 Å². The van der Waals surface area contributed by atoms with Crippen LogP contribution < -0.4 is 10.0 Å². The van der Waals surface area contributed by atoms with Crippen LogP contribution in [-0.4, -0.2) is 31.0 Å². The molecule has 0 fully saturated rings. The van der Waals surface area contributed by atoms with Crippen molar-refractivity contribution in [2.45, 2.75) is 27.7 Å². The first-order valence-corrected chi connectivity index (χ1v) is 9.06. The van der Waals surface area contributed by atoms with E-state index in [0.29, 0.717) is 23.1 Å². The van der Waals surface area contributed by atoms with Gasteiger partial charge in [0.25, 0.3) is 0 Å². The quantitative estimate of drug-likeness (QED) is 0.563. The topological polar surface area (TPSA) is 26.3 Å². The fourth-order valence-corrected chi connectivity index (χ4v) is 3.76. The van der Waals surface area contributed by atoms with E-state index >= 15 is 0 Å². The van der Waals surface area contributed by atoms with Gasteiger partial charge < -0.3 is 4.74 Å². The van der Waals surface area contributed by atoms with Crippen LogP contribution in [0.5, 0.6) is 5.75 Å². The molecule has 0 saturated heterocycles. The van der Waals surface area contributed by atoms with Gasteiger partial charge in [0.05, 0.1) is 11.6 Å². The molecule has 0 bridgehead atoms. The molecule has 0 radical (unpaired) electrons. The van der Waals surface area contributed by atoms with Crippen LogP contribution in [0, 0.1) is 19.8 Å². The summed E-state index contributed by atoms with van der Waals surface area (Å²) in [7, 11) is 0.0622. The van der Waals surface area contributed by atoms with E-state index in [-0.39, 0.29) is 33.0 Å². The number of ether oxygens (including phenoxy) is 1. The van der Waals surface area contributed by atoms with Gasteiger partial charge in [0.2, 0.25) is 0 Å². The Labute approximate surface area is 163 Å². The van der Waals surface area contributed by atoms with Crippen LogP contribution >= 0.6 is 20.2 Å². The molecule has 0 amide bonds. The second kappa shape index (κ2) is 9.64. The molecule has 124 valence electrons. The number of aryl methyl sites for hydroxylation is 2. The Balaban J connectivity index is 0.00000288. The summed E-state index contributed by atoms with van der Waals surface area (Å²) < 4.78 is 5.73. The van der Waals surface area contributed by atoms with Crippen molar-refractivity contribution in [1.29, 1.82) is 0 Å². The predicted molar refractivity (Wildman–Crippen MR) is 107 cm³/mol. The Bertz CT molecular complexity index is 696. The number of rotatable bonds is 6. The van der Waals surface area contributed by atoms with Gasteiger partial charge in [0.1, 0.15) is 5.75 Å². The van der Waals surface area contributed by atoms with Gasteiger partial charge in [-0.25, -0.2) is 0 Å². The van der Waals surface area contributed by atoms with E-state index in [2.05, 4.69) is 13.8 Å². The van der Waals surface area contributed by atoms with Crippen LogP contribution in [0.4, 0.5) is 0 Å². The van der Waals surface area contributed by atoms with Gasteiger partial charge in [-0.05, 0) is 63.0 Å². The van der Waals surface area contributed by atoms with Crippen LogP contribution in [0.2, 0.25) is 5.02 Å². The third-order valence-corrected chi connectivity index (χ3v) is 5.10. The molecule has 0 aliphatic rings. The number of carbonyl (C=O) groups excluding carboxylic acids is 1. The number of benzene rings is 2. The molecule has 1 atom stereocenters. The first-order chi connectivity index (χ1) is 10.9. The molecule has 1 unspecified atom stereocenters. The van der Waals surface area contributed by atoms with E-state index in [1.807, 2.05) is 44.2 Å². The van der Waals surface area contributed by atoms with Crippen molar-refractivity contribution >= 4 is 49.9 Å². The average Bonchev–Trinajstić information content (AvgIpc) is 2.47. The molecular formula is C19H23ClLiO2P. The normalized spacial score (nSPS) is 10.9. The molecule has 0 spiro atoms. The molecule has 5 heteroatoms. The monoisotopic (exact) mass is 356 g/mol. The van der Waals surface area contributed by atoms with Crippen molar-refractivity contribution in [3.05, 3.63) is 58.1 Å². The summed E-state index contributed by atoms with van der Waals surface area (Å²) in [6.07, 6.45) is 0. The Morgan fingerprint density at radius 3 is 2.46 bits per heavy atom. The summed E-state index contributed by atoms with van der Waals surface area (Å²) in [5.74, 6) is 1.34. The van der Waals surface area contributed by atoms with Gasteiger partial charge in [0, 0.05) is 5.56 Å². The number of hydrogen-bond donors (Lipinski definition) is 0. The zero-order valence-electron chi connectivity index (χ0n) is 13.9. The van der Waals surface area contributed by atoms with Crippen LogP contribution in [0.15, 0.2) is 36.4 Å². The molecule has 0 aliphatic heterocycles. The van der Waals surface area contributed by atoms with Crippen LogP contribution in [0.25, 0.3) is 0 Å². The molecule has 0 aliphatic carbocycles. The maximum absolute atomic E-state index is 12.6. The second-order valence-electron chi connectivity index (χ2n) is 6.07. The van der Waals surface area contributed by atoms with Crippen molar-refractivity contribution in [2.75, 3.05) is 6.61 Å². The van der Waals surface area contributed by atoms with Crippen LogP contribution in [0.3, 0.4) is 0 Å². The summed E-state index contributed by atoms with van der Waals surface area (Å²) in [5, 5.41) is 1.56. The summed E-state index contributed by atoms with van der Waals surface area (Å²) >= 11 is 6.19. The molecule has 2 nitrogen and oxygen atoms in total. The maximum atomic E-state index is 12.6. The van der Waals surface area contributed by atoms with E-state index in [1.165, 1.54) is 0 Å². The first-order valence-electron chi connectivity index (χ1n) is 7.68. The van der Waals surface area contributed by atoms with E-state index in [1.54, 1.807) is 6.07 Å². The molecule has 0 aromatic heterocycles. The molecule has 2 aromatic rings. The Kier molecular flexibility index (Phi) is 8.55. The van der Waals surface area contributed by atoms with Gasteiger partial charge >= 0.3 is 18.9 Å². The van der Waals surface area contributed by atoms with E-state index in [9.17, 15) is 4.79 Å². The minimum atomic E-state index is 0. The number of halogens is 1. The van der Waals surface area contributed by atoms with Crippen molar-refractivity contribution in [3.8, 4) is 5.75 Å². The third-order valence-electron chi connectivity index (χ3n) is 3.48. The summed E-state index contributed by atoms with van der Waals surface area (Å²) in [5.41, 5.74) is 2.70. The zero-order chi connectivity index (χ0) is 17.0. The van der Waals surface area contributed by atoms with Crippen LogP contribution in [-0.2, 0) is 0 Å². The molecule has 24 heavy (non-hydrogen) atoms. The summed E-state index contributed by atoms with van der Waals surface area (Å²) in [6.45, 7) is 8.86. The standard InChI is InChI=1S/C19H22ClO2P.Li.H/c1-12(2)11-22-15-8-9-17(14(4)10-15)23-19(21)18-13(3)6-5-7-16(18)20;;/h5-10,12,23H,11H2,1-4H3;;. The Morgan fingerprint density at radius 1 is 1.17 bits per heavy atom. The minimum absolute atomic E-state index is 0. The fraction of sp³-hybridized carbons (Fsp3) is 0.316. The van der Waals surface area contributed by atoms with Gasteiger partial charge in [-0.3, -0.25) is 4.79 Å². The van der Waals surface area contributed by atoms with Gasteiger partial charge in [0.15, 0.2) is 5.52 Å². The van der Waals surface area contributed by atoms with Crippen molar-refractivity contribution in [2.24, 2.45) is 5.92 Å². The molecule has 2 rings (SSSR count). The van der Waals surface area contributed by atoms with E-state index in [0.717, 1.165) is 22.2 Å². The molecular weight excluding hydrogens is 334 g/mol. The average molecular weight is 357 g/mol. The zero-order valence-corrected chi connectivity index (χ0v) is 15.7. The molecule has 0 saturated carbocycles. The van der Waals surface area contributed by atoms with Gasteiger partial charge in [-0.15, -0.1) is 0 Å². The van der Waals surface area contributed by atoms with Crippen molar-refractivity contribution in [3.63, 3.8) is 0 Å². The number of hydrogen-bond acceptors (Lipinski definition) is 2. The molecule has 2 aromatic carbocycles. The van der Waals surface area contributed by atoms with Gasteiger partial charge in [-0.2, -0.15) is 0 Å². The second-order valence-corrected chi connectivity index (χ2v) is 7.72. The summed E-state index contributed by atoms with van der Waals surface area (Å²) in [6, 6.07) is 11.5. The first kappa shape index (κ1) is 21.3. The van der Waals surface area contributed by atoms with E-state index in [4.69, 9.17) is 16.3 Å². The fourth-order valence-electron chi connectivity index (χ4n) is 2.23. The Hall–Kier alpha value is -0.773. The van der Waals surface area contributed by atoms with Gasteiger partial charge in [-0.1, -0.05) is 43.6 Å². The summed E-state index contributed by atoms with van der Waals surface area (Å²) in [4.78, 5) is 12.6. The molecule has 0 N–H and O–H groups in total.